The fourth-order valence-corrected chi connectivity index (χ4v) is 5.19. The largest absolute Gasteiger partial charge is 0.319 e. The average molecular weight is 473 g/mol. The lowest BCUT2D eigenvalue weighted by atomic mass is 10.2. The topological polar surface area (TPSA) is 75.3 Å². The third kappa shape index (κ3) is 4.71. The monoisotopic (exact) mass is 472 g/mol. The first-order valence-corrected chi connectivity index (χ1v) is 10.5. The fraction of sp³-hybridized carbons (Fsp3) is 0. The fourth-order valence-electron chi connectivity index (χ4n) is 2.12. The van der Waals surface area contributed by atoms with E-state index in [1.54, 1.807) is 6.07 Å². The van der Waals surface area contributed by atoms with E-state index >= 15 is 0 Å². The summed E-state index contributed by atoms with van der Waals surface area (Å²) in [5, 5.41) is 2.33. The molecule has 0 bridgehead atoms. The van der Waals surface area contributed by atoms with Crippen molar-refractivity contribution in [3.63, 3.8) is 0 Å². The number of rotatable bonds is 5. The van der Waals surface area contributed by atoms with E-state index in [4.69, 9.17) is 0 Å². The lowest BCUT2D eigenvalue weighted by Crippen LogP contribution is -2.14. The lowest BCUT2D eigenvalue weighted by molar-refractivity contribution is 0.102. The van der Waals surface area contributed by atoms with Crippen molar-refractivity contribution in [3.8, 4) is 0 Å². The molecule has 0 aliphatic rings. The van der Waals surface area contributed by atoms with E-state index in [2.05, 4.69) is 26.0 Å². The van der Waals surface area contributed by atoms with Gasteiger partial charge in [-0.3, -0.25) is 9.52 Å². The van der Waals surface area contributed by atoms with Crippen LogP contribution in [0.3, 0.4) is 0 Å². The van der Waals surface area contributed by atoms with Gasteiger partial charge in [-0.15, -0.1) is 11.3 Å². The Bertz CT molecular complexity index is 1100. The molecule has 1 aromatic heterocycles. The summed E-state index contributed by atoms with van der Waals surface area (Å²) in [6.45, 7) is 0. The van der Waals surface area contributed by atoms with Gasteiger partial charge < -0.3 is 5.32 Å². The number of anilines is 2. The Morgan fingerprint density at radius 3 is 2.30 bits per heavy atom. The van der Waals surface area contributed by atoms with Crippen molar-refractivity contribution in [1.82, 2.24) is 0 Å². The van der Waals surface area contributed by atoms with Gasteiger partial charge in [-0.2, -0.15) is 0 Å². The molecule has 0 saturated carbocycles. The number of thiophene rings is 1. The highest BCUT2D eigenvalue weighted by atomic mass is 79.9. The number of sulfonamides is 1. The minimum atomic E-state index is -3.73. The molecule has 27 heavy (non-hydrogen) atoms. The molecule has 0 spiro atoms. The van der Waals surface area contributed by atoms with Gasteiger partial charge >= 0.3 is 0 Å². The molecule has 0 fully saturated rings. The Kier molecular flexibility index (Phi) is 5.59. The highest BCUT2D eigenvalue weighted by molar-refractivity contribution is 9.11. The van der Waals surface area contributed by atoms with E-state index in [9.17, 15) is 22.0 Å². The first-order chi connectivity index (χ1) is 12.7. The normalized spacial score (nSPS) is 11.2. The van der Waals surface area contributed by atoms with Crippen molar-refractivity contribution in [3.05, 3.63) is 75.6 Å². The molecule has 0 radical (unpaired) electrons. The van der Waals surface area contributed by atoms with Gasteiger partial charge in [0.15, 0.2) is 0 Å². The van der Waals surface area contributed by atoms with Crippen LogP contribution in [0, 0.1) is 11.6 Å². The van der Waals surface area contributed by atoms with Crippen LogP contribution >= 0.6 is 27.3 Å². The van der Waals surface area contributed by atoms with Gasteiger partial charge in [0.1, 0.15) is 15.8 Å². The molecule has 1 amide bonds. The van der Waals surface area contributed by atoms with Crippen LogP contribution in [0.5, 0.6) is 0 Å². The number of hydrogen-bond acceptors (Lipinski definition) is 4. The molecule has 10 heteroatoms. The van der Waals surface area contributed by atoms with Crippen molar-refractivity contribution in [2.45, 2.75) is 4.21 Å². The molecular formula is C17H11BrF2N2O3S2. The smallest absolute Gasteiger partial charge is 0.271 e. The number of halogens is 3. The summed E-state index contributed by atoms with van der Waals surface area (Å²) in [5.41, 5.74) is 0.291. The number of carbonyl (C=O) groups is 1. The van der Waals surface area contributed by atoms with E-state index in [1.165, 1.54) is 30.3 Å². The van der Waals surface area contributed by atoms with Crippen molar-refractivity contribution < 1.29 is 22.0 Å². The predicted octanol–water partition coefficient (Wildman–Crippen LogP) is 4.84. The Balaban J connectivity index is 1.72. The number of amides is 1. The summed E-state index contributed by atoms with van der Waals surface area (Å²) in [5.74, 6) is -2.26. The highest BCUT2D eigenvalue weighted by Crippen LogP contribution is 2.27. The summed E-state index contributed by atoms with van der Waals surface area (Å²) in [6.07, 6.45) is 0. The van der Waals surface area contributed by atoms with Gasteiger partial charge in [0.2, 0.25) is 0 Å². The Morgan fingerprint density at radius 1 is 1.00 bits per heavy atom. The molecule has 1 heterocycles. The molecular weight excluding hydrogens is 462 g/mol. The zero-order chi connectivity index (χ0) is 19.6. The van der Waals surface area contributed by atoms with E-state index < -0.39 is 27.6 Å². The van der Waals surface area contributed by atoms with Gasteiger partial charge in [-0.25, -0.2) is 17.2 Å². The summed E-state index contributed by atoms with van der Waals surface area (Å²) in [7, 11) is -3.73. The van der Waals surface area contributed by atoms with E-state index in [0.29, 0.717) is 9.85 Å². The molecule has 0 atom stereocenters. The second-order valence-electron chi connectivity index (χ2n) is 5.32. The summed E-state index contributed by atoms with van der Waals surface area (Å²) in [6, 6.07) is 11.5. The maximum absolute atomic E-state index is 13.6. The number of carbonyl (C=O) groups excluding carboxylic acids is 1. The van der Waals surface area contributed by atoms with E-state index in [1.807, 2.05) is 0 Å². The Hall–Kier alpha value is -2.30. The highest BCUT2D eigenvalue weighted by Gasteiger charge is 2.17. The number of hydrogen-bond donors (Lipinski definition) is 2. The standard InChI is InChI=1S/C17H11BrF2N2O3S2/c18-15-7-8-16(26-15)27(24,25)22-12-4-1-10(2-5-12)17(23)21-14-6-3-11(19)9-13(14)20/h1-9,22H,(H,21,23). The molecule has 2 aromatic carbocycles. The average Bonchev–Trinajstić information content (AvgIpc) is 3.05. The zero-order valence-corrected chi connectivity index (χ0v) is 16.6. The molecule has 0 aliphatic carbocycles. The van der Waals surface area contributed by atoms with Crippen LogP contribution in [0.1, 0.15) is 10.4 Å². The summed E-state index contributed by atoms with van der Waals surface area (Å²) < 4.78 is 54.3. The van der Waals surface area contributed by atoms with Crippen molar-refractivity contribution in [2.75, 3.05) is 10.0 Å². The van der Waals surface area contributed by atoms with Crippen LogP contribution < -0.4 is 10.0 Å². The minimum absolute atomic E-state index is 0.142. The summed E-state index contributed by atoms with van der Waals surface area (Å²) in [4.78, 5) is 12.2. The van der Waals surface area contributed by atoms with Crippen LogP contribution in [0.4, 0.5) is 20.2 Å². The number of nitrogens with one attached hydrogen (secondary N) is 2. The zero-order valence-electron chi connectivity index (χ0n) is 13.4. The molecule has 2 N–H and O–H groups in total. The quantitative estimate of drug-likeness (QED) is 0.557. The second kappa shape index (κ2) is 7.75. The molecule has 140 valence electrons. The van der Waals surface area contributed by atoms with Gasteiger partial charge in [0.25, 0.3) is 15.9 Å². The van der Waals surface area contributed by atoms with E-state index in [-0.39, 0.29) is 21.1 Å². The maximum Gasteiger partial charge on any atom is 0.271 e. The first kappa shape index (κ1) is 19.5. The van der Waals surface area contributed by atoms with Gasteiger partial charge in [0, 0.05) is 17.3 Å². The van der Waals surface area contributed by atoms with Crippen LogP contribution in [0.2, 0.25) is 0 Å². The SMILES string of the molecule is O=C(Nc1ccc(F)cc1F)c1ccc(NS(=O)(=O)c2ccc(Br)s2)cc1. The van der Waals surface area contributed by atoms with Gasteiger partial charge in [-0.05, 0) is 64.5 Å². The van der Waals surface area contributed by atoms with Gasteiger partial charge in [-0.1, -0.05) is 0 Å². The maximum atomic E-state index is 13.6. The molecule has 0 saturated heterocycles. The predicted molar refractivity (Wildman–Crippen MR) is 104 cm³/mol. The second-order valence-corrected chi connectivity index (χ2v) is 9.69. The Labute approximate surface area is 166 Å². The summed E-state index contributed by atoms with van der Waals surface area (Å²) >= 11 is 4.27. The van der Waals surface area contributed by atoms with Gasteiger partial charge in [0.05, 0.1) is 9.47 Å². The minimum Gasteiger partial charge on any atom is -0.319 e. The van der Waals surface area contributed by atoms with E-state index in [0.717, 1.165) is 23.5 Å². The van der Waals surface area contributed by atoms with Crippen LogP contribution in [-0.2, 0) is 10.0 Å². The third-order valence-corrected chi connectivity index (χ3v) is 6.89. The molecule has 0 aliphatic heterocycles. The molecule has 3 aromatic rings. The molecule has 3 rings (SSSR count). The Morgan fingerprint density at radius 2 is 1.70 bits per heavy atom. The van der Waals surface area contributed by atoms with Crippen molar-refractivity contribution in [2.24, 2.45) is 0 Å². The van der Waals surface area contributed by atoms with Crippen molar-refractivity contribution >= 4 is 54.6 Å². The number of benzene rings is 2. The van der Waals surface area contributed by atoms with Crippen LogP contribution in [-0.4, -0.2) is 14.3 Å². The lowest BCUT2D eigenvalue weighted by Gasteiger charge is -2.09. The molecule has 0 unspecified atom stereocenters. The van der Waals surface area contributed by atoms with Crippen LogP contribution in [0.25, 0.3) is 0 Å². The third-order valence-electron chi connectivity index (χ3n) is 3.39. The molecule has 5 nitrogen and oxygen atoms in total. The van der Waals surface area contributed by atoms with Crippen LogP contribution in [0.15, 0.2) is 62.6 Å². The van der Waals surface area contributed by atoms with Crippen molar-refractivity contribution in [1.29, 1.82) is 0 Å². The first-order valence-electron chi connectivity index (χ1n) is 7.39.